The van der Waals surface area contributed by atoms with Gasteiger partial charge in [0.2, 0.25) is 5.95 Å². The number of anilines is 3. The molecule has 1 aliphatic heterocycles. The highest BCUT2D eigenvalue weighted by atomic mass is 19.1. The van der Waals surface area contributed by atoms with Gasteiger partial charge in [-0.15, -0.1) is 5.10 Å². The summed E-state index contributed by atoms with van der Waals surface area (Å²) in [4.78, 5) is 15.3. The summed E-state index contributed by atoms with van der Waals surface area (Å²) in [7, 11) is 1.85. The Bertz CT molecular complexity index is 1520. The molecule has 4 aromatic heterocycles. The topological polar surface area (TPSA) is 102 Å². The van der Waals surface area contributed by atoms with Crippen LogP contribution in [0.3, 0.4) is 0 Å². The second kappa shape index (κ2) is 8.42. The van der Waals surface area contributed by atoms with Crippen molar-refractivity contribution in [1.29, 1.82) is 0 Å². The lowest BCUT2D eigenvalue weighted by Gasteiger charge is -2.20. The Kier molecular flexibility index (Phi) is 5.09. The molecule has 11 heteroatoms. The highest BCUT2D eigenvalue weighted by molar-refractivity contribution is 5.81. The van der Waals surface area contributed by atoms with E-state index in [9.17, 15) is 4.39 Å². The normalized spacial score (nSPS) is 15.7. The first-order valence-electron chi connectivity index (χ1n) is 11.4. The summed E-state index contributed by atoms with van der Waals surface area (Å²) in [5.74, 6) is 0.967. The smallest absolute Gasteiger partial charge is 0.228 e. The Labute approximate surface area is 200 Å². The van der Waals surface area contributed by atoms with Crippen LogP contribution < -0.4 is 10.2 Å². The zero-order valence-electron chi connectivity index (χ0n) is 19.3. The maximum Gasteiger partial charge on any atom is 0.228 e. The van der Waals surface area contributed by atoms with Crippen molar-refractivity contribution in [2.75, 3.05) is 23.3 Å². The number of rotatable bonds is 5. The SMILES string of the molecule is Cc1ncc(F)cc1N1CC[C@H](n2nnc3cc(-c4ccnc(Nc5ccnn5C)n4)ccc32)C1. The second-order valence-electron chi connectivity index (χ2n) is 8.61. The lowest BCUT2D eigenvalue weighted by molar-refractivity contribution is 0.494. The molecule has 0 spiro atoms. The van der Waals surface area contributed by atoms with Gasteiger partial charge in [-0.3, -0.25) is 9.67 Å². The van der Waals surface area contributed by atoms with Crippen LogP contribution in [0.4, 0.5) is 21.8 Å². The first kappa shape index (κ1) is 21.1. The van der Waals surface area contributed by atoms with E-state index >= 15 is 0 Å². The molecule has 0 saturated carbocycles. The maximum atomic E-state index is 13.8. The van der Waals surface area contributed by atoms with E-state index in [1.54, 1.807) is 23.1 Å². The summed E-state index contributed by atoms with van der Waals surface area (Å²) in [6.45, 7) is 3.43. The van der Waals surface area contributed by atoms with E-state index in [1.807, 2.05) is 49.0 Å². The van der Waals surface area contributed by atoms with Crippen molar-refractivity contribution in [2.45, 2.75) is 19.4 Å². The number of aryl methyl sites for hydroxylation is 2. The van der Waals surface area contributed by atoms with E-state index in [0.717, 1.165) is 59.0 Å². The van der Waals surface area contributed by atoms with Crippen molar-refractivity contribution >= 4 is 28.5 Å². The molecule has 10 nitrogen and oxygen atoms in total. The zero-order valence-corrected chi connectivity index (χ0v) is 19.3. The third-order valence-corrected chi connectivity index (χ3v) is 6.36. The molecule has 5 aromatic rings. The number of fused-ring (bicyclic) bond motifs is 1. The van der Waals surface area contributed by atoms with Crippen LogP contribution in [0.5, 0.6) is 0 Å². The van der Waals surface area contributed by atoms with Crippen molar-refractivity contribution < 1.29 is 4.39 Å². The molecule has 1 atom stereocenters. The Morgan fingerprint density at radius 3 is 2.86 bits per heavy atom. The molecule has 0 amide bonds. The standard InChI is InChI=1S/C24H23FN10/c1-15-22(12-17(25)13-27-15)34-10-7-18(14-34)35-21-4-3-16(11-20(21)31-32-35)19-5-8-26-24(29-19)30-23-6-9-28-33(23)2/h3-6,8-9,11-13,18H,7,10,14H2,1-2H3,(H,26,29,30)/t18-/m0/s1. The lowest BCUT2D eigenvalue weighted by atomic mass is 10.1. The number of hydrogen-bond donors (Lipinski definition) is 1. The fourth-order valence-electron chi connectivity index (χ4n) is 4.54. The first-order chi connectivity index (χ1) is 17.0. The van der Waals surface area contributed by atoms with Gasteiger partial charge in [0.05, 0.1) is 41.0 Å². The van der Waals surface area contributed by atoms with Crippen molar-refractivity contribution in [1.82, 2.24) is 39.7 Å². The van der Waals surface area contributed by atoms with E-state index in [4.69, 9.17) is 0 Å². The number of nitrogens with zero attached hydrogens (tertiary/aromatic N) is 9. The van der Waals surface area contributed by atoms with Crippen molar-refractivity contribution in [3.8, 4) is 11.3 Å². The molecule has 0 radical (unpaired) electrons. The van der Waals surface area contributed by atoms with Crippen LogP contribution in [0, 0.1) is 12.7 Å². The average molecular weight is 471 g/mol. The Hall–Kier alpha value is -4.41. The molecule has 6 rings (SSSR count). The molecule has 1 saturated heterocycles. The monoisotopic (exact) mass is 470 g/mol. The van der Waals surface area contributed by atoms with Gasteiger partial charge in [0, 0.05) is 44.0 Å². The quantitative estimate of drug-likeness (QED) is 0.415. The fourth-order valence-corrected chi connectivity index (χ4v) is 4.54. The second-order valence-corrected chi connectivity index (χ2v) is 8.61. The van der Waals surface area contributed by atoms with Crippen molar-refractivity contribution in [3.05, 3.63) is 66.5 Å². The molecular formula is C24H23FN10. The summed E-state index contributed by atoms with van der Waals surface area (Å²) < 4.78 is 17.4. The van der Waals surface area contributed by atoms with E-state index in [0.29, 0.717) is 5.95 Å². The van der Waals surface area contributed by atoms with Crippen LogP contribution in [-0.4, -0.2) is 52.8 Å². The Balaban J connectivity index is 1.24. The number of aromatic nitrogens is 8. The van der Waals surface area contributed by atoms with Crippen LogP contribution in [0.1, 0.15) is 18.2 Å². The van der Waals surface area contributed by atoms with Crippen LogP contribution >= 0.6 is 0 Å². The van der Waals surface area contributed by atoms with Gasteiger partial charge in [-0.1, -0.05) is 11.3 Å². The van der Waals surface area contributed by atoms with Gasteiger partial charge in [-0.25, -0.2) is 19.0 Å². The molecule has 35 heavy (non-hydrogen) atoms. The van der Waals surface area contributed by atoms with E-state index in [-0.39, 0.29) is 11.9 Å². The fraction of sp³-hybridized carbons (Fsp3) is 0.250. The average Bonchev–Trinajstić information content (AvgIpc) is 3.60. The van der Waals surface area contributed by atoms with E-state index in [1.165, 1.54) is 6.20 Å². The van der Waals surface area contributed by atoms with Crippen molar-refractivity contribution in [2.24, 2.45) is 7.05 Å². The first-order valence-corrected chi connectivity index (χ1v) is 11.4. The summed E-state index contributed by atoms with van der Waals surface area (Å²) in [5.41, 5.74) is 5.11. The van der Waals surface area contributed by atoms with Crippen LogP contribution in [0.2, 0.25) is 0 Å². The molecule has 0 unspecified atom stereocenters. The molecule has 1 aliphatic rings. The molecule has 1 fully saturated rings. The molecule has 176 valence electrons. The molecule has 1 aromatic carbocycles. The zero-order chi connectivity index (χ0) is 23.9. The van der Waals surface area contributed by atoms with Gasteiger partial charge in [0.1, 0.15) is 17.2 Å². The van der Waals surface area contributed by atoms with E-state index in [2.05, 4.69) is 40.6 Å². The molecule has 1 N–H and O–H groups in total. The third-order valence-electron chi connectivity index (χ3n) is 6.36. The molecule has 0 bridgehead atoms. The highest BCUT2D eigenvalue weighted by Crippen LogP contribution is 2.31. The summed E-state index contributed by atoms with van der Waals surface area (Å²) in [6, 6.07) is 11.4. The van der Waals surface area contributed by atoms with Crippen LogP contribution in [-0.2, 0) is 7.05 Å². The maximum absolute atomic E-state index is 13.8. The van der Waals surface area contributed by atoms with Crippen molar-refractivity contribution in [3.63, 3.8) is 0 Å². The van der Waals surface area contributed by atoms with Gasteiger partial charge in [-0.2, -0.15) is 5.10 Å². The lowest BCUT2D eigenvalue weighted by Crippen LogP contribution is -2.22. The Morgan fingerprint density at radius 1 is 1.09 bits per heavy atom. The predicted octanol–water partition coefficient (Wildman–Crippen LogP) is 3.66. The van der Waals surface area contributed by atoms with Crippen LogP contribution in [0.25, 0.3) is 22.3 Å². The molecule has 0 aliphatic carbocycles. The van der Waals surface area contributed by atoms with Gasteiger partial charge < -0.3 is 10.2 Å². The highest BCUT2D eigenvalue weighted by Gasteiger charge is 2.27. The molecule has 5 heterocycles. The number of hydrogen-bond acceptors (Lipinski definition) is 8. The predicted molar refractivity (Wildman–Crippen MR) is 130 cm³/mol. The third kappa shape index (κ3) is 3.94. The number of benzene rings is 1. The summed E-state index contributed by atoms with van der Waals surface area (Å²) in [6.07, 6.45) is 5.58. The van der Waals surface area contributed by atoms with Gasteiger partial charge in [-0.05, 0) is 31.5 Å². The minimum atomic E-state index is -0.323. The van der Waals surface area contributed by atoms with Gasteiger partial charge in [0.15, 0.2) is 0 Å². The summed E-state index contributed by atoms with van der Waals surface area (Å²) in [5, 5.41) is 16.2. The number of pyridine rings is 1. The van der Waals surface area contributed by atoms with E-state index < -0.39 is 0 Å². The van der Waals surface area contributed by atoms with Gasteiger partial charge >= 0.3 is 0 Å². The summed E-state index contributed by atoms with van der Waals surface area (Å²) >= 11 is 0. The number of nitrogens with one attached hydrogen (secondary N) is 1. The molecular weight excluding hydrogens is 447 g/mol. The van der Waals surface area contributed by atoms with Gasteiger partial charge in [0.25, 0.3) is 0 Å². The Morgan fingerprint density at radius 2 is 2.00 bits per heavy atom. The minimum absolute atomic E-state index is 0.141. The van der Waals surface area contributed by atoms with Crippen LogP contribution in [0.15, 0.2) is 55.0 Å². The minimum Gasteiger partial charge on any atom is -0.368 e. The number of halogens is 1. The largest absolute Gasteiger partial charge is 0.368 e.